The van der Waals surface area contributed by atoms with Gasteiger partial charge in [0.15, 0.2) is 0 Å². The molecule has 98 valence electrons. The van der Waals surface area contributed by atoms with Crippen LogP contribution >= 0.6 is 11.8 Å². The minimum atomic E-state index is -0.259. The molecule has 0 aliphatic rings. The maximum absolute atomic E-state index is 11.6. The molecule has 0 aliphatic heterocycles. The molecule has 0 heterocycles. The third-order valence-corrected chi connectivity index (χ3v) is 3.26. The molecule has 3 N–H and O–H groups in total. The third-order valence-electron chi connectivity index (χ3n) is 2.21. The summed E-state index contributed by atoms with van der Waals surface area (Å²) >= 11 is 1.49. The lowest BCUT2D eigenvalue weighted by Crippen LogP contribution is -2.33. The monoisotopic (exact) mass is 266 g/mol. The van der Waals surface area contributed by atoms with E-state index < -0.39 is 0 Å². The van der Waals surface area contributed by atoms with Crippen LogP contribution in [-0.4, -0.2) is 29.9 Å². The standard InChI is InChI=1S/C13H18N2O2S/c14-7-4-8-18-10-13(17)15-12(16)9-11-5-2-1-3-6-11/h1-3,5-6H,4,7-10,14H2,(H,15,16,17). The summed E-state index contributed by atoms with van der Waals surface area (Å²) in [5.74, 6) is 0.653. The van der Waals surface area contributed by atoms with Crippen LogP contribution in [-0.2, 0) is 16.0 Å². The van der Waals surface area contributed by atoms with Crippen LogP contribution < -0.4 is 11.1 Å². The van der Waals surface area contributed by atoms with E-state index in [9.17, 15) is 9.59 Å². The SMILES string of the molecule is NCCCSCC(=O)NC(=O)Cc1ccccc1. The van der Waals surface area contributed by atoms with E-state index in [1.807, 2.05) is 30.3 Å². The maximum atomic E-state index is 11.6. The van der Waals surface area contributed by atoms with Crippen LogP contribution in [0.3, 0.4) is 0 Å². The average Bonchev–Trinajstić information content (AvgIpc) is 2.35. The molecule has 0 atom stereocenters. The van der Waals surface area contributed by atoms with E-state index in [1.54, 1.807) is 0 Å². The number of hydrogen-bond acceptors (Lipinski definition) is 4. The zero-order valence-corrected chi connectivity index (χ0v) is 11.0. The first-order chi connectivity index (χ1) is 8.72. The number of carbonyl (C=O) groups excluding carboxylic acids is 2. The van der Waals surface area contributed by atoms with Gasteiger partial charge >= 0.3 is 0 Å². The summed E-state index contributed by atoms with van der Waals surface area (Å²) in [5, 5.41) is 2.38. The Hall–Kier alpha value is -1.33. The van der Waals surface area contributed by atoms with Crippen LogP contribution in [0.5, 0.6) is 0 Å². The van der Waals surface area contributed by atoms with E-state index in [4.69, 9.17) is 5.73 Å². The Morgan fingerprint density at radius 3 is 2.56 bits per heavy atom. The fourth-order valence-corrected chi connectivity index (χ4v) is 2.14. The van der Waals surface area contributed by atoms with Crippen molar-refractivity contribution in [1.29, 1.82) is 0 Å². The summed E-state index contributed by atoms with van der Waals surface area (Å²) in [4.78, 5) is 23.0. The summed E-state index contributed by atoms with van der Waals surface area (Å²) in [7, 11) is 0. The van der Waals surface area contributed by atoms with E-state index >= 15 is 0 Å². The van der Waals surface area contributed by atoms with E-state index in [0.29, 0.717) is 12.3 Å². The zero-order valence-electron chi connectivity index (χ0n) is 10.2. The zero-order chi connectivity index (χ0) is 13.2. The summed E-state index contributed by atoms with van der Waals surface area (Å²) in [6.45, 7) is 0.627. The number of hydrogen-bond donors (Lipinski definition) is 2. The molecule has 0 aromatic heterocycles. The average molecular weight is 266 g/mol. The number of nitrogens with two attached hydrogens (primary N) is 1. The molecule has 0 radical (unpaired) electrons. The second kappa shape index (κ2) is 8.72. The molecule has 0 fully saturated rings. The van der Waals surface area contributed by atoms with Gasteiger partial charge in [-0.1, -0.05) is 30.3 Å². The number of imide groups is 1. The fourth-order valence-electron chi connectivity index (χ4n) is 1.37. The van der Waals surface area contributed by atoms with Gasteiger partial charge in [0.2, 0.25) is 11.8 Å². The van der Waals surface area contributed by atoms with E-state index in [-0.39, 0.29) is 18.2 Å². The number of carbonyl (C=O) groups is 2. The van der Waals surface area contributed by atoms with Crippen molar-refractivity contribution >= 4 is 23.6 Å². The Balaban J connectivity index is 2.21. The molecule has 0 unspecified atom stereocenters. The number of nitrogens with one attached hydrogen (secondary N) is 1. The molecule has 18 heavy (non-hydrogen) atoms. The van der Waals surface area contributed by atoms with Crippen LogP contribution in [0.4, 0.5) is 0 Å². The normalized spacial score (nSPS) is 10.1. The Morgan fingerprint density at radius 1 is 1.17 bits per heavy atom. The fraction of sp³-hybridized carbons (Fsp3) is 0.385. The van der Waals surface area contributed by atoms with Gasteiger partial charge in [0.1, 0.15) is 0 Å². The Kier molecular flexibility index (Phi) is 7.13. The van der Waals surface area contributed by atoms with Crippen molar-refractivity contribution in [1.82, 2.24) is 5.32 Å². The second-order valence-corrected chi connectivity index (χ2v) is 4.93. The van der Waals surface area contributed by atoms with Gasteiger partial charge in [-0.3, -0.25) is 14.9 Å². The van der Waals surface area contributed by atoms with E-state index in [0.717, 1.165) is 17.7 Å². The predicted molar refractivity (Wildman–Crippen MR) is 74.3 cm³/mol. The smallest absolute Gasteiger partial charge is 0.236 e. The van der Waals surface area contributed by atoms with Gasteiger partial charge in [-0.15, -0.1) is 0 Å². The summed E-state index contributed by atoms with van der Waals surface area (Å²) in [6.07, 6.45) is 1.12. The molecular weight excluding hydrogens is 248 g/mol. The van der Waals surface area contributed by atoms with Crippen LogP contribution in [0, 0.1) is 0 Å². The Labute approximate surface area is 111 Å². The molecule has 4 nitrogen and oxygen atoms in total. The van der Waals surface area contributed by atoms with Crippen molar-refractivity contribution in [3.63, 3.8) is 0 Å². The number of benzene rings is 1. The molecular formula is C13H18N2O2S. The van der Waals surface area contributed by atoms with Gasteiger partial charge in [-0.2, -0.15) is 11.8 Å². The highest BCUT2D eigenvalue weighted by Crippen LogP contribution is 2.02. The Bertz CT molecular complexity index is 382. The minimum Gasteiger partial charge on any atom is -0.330 e. The van der Waals surface area contributed by atoms with Gasteiger partial charge in [0.05, 0.1) is 12.2 Å². The van der Waals surface area contributed by atoms with Crippen molar-refractivity contribution < 1.29 is 9.59 Å². The molecule has 2 amide bonds. The van der Waals surface area contributed by atoms with Crippen LogP contribution in [0.15, 0.2) is 30.3 Å². The minimum absolute atomic E-state index is 0.236. The quantitative estimate of drug-likeness (QED) is 0.721. The summed E-state index contributed by atoms with van der Waals surface area (Å²) < 4.78 is 0. The molecule has 0 saturated carbocycles. The van der Waals surface area contributed by atoms with Crippen molar-refractivity contribution in [2.45, 2.75) is 12.8 Å². The van der Waals surface area contributed by atoms with Crippen LogP contribution in [0.2, 0.25) is 0 Å². The Morgan fingerprint density at radius 2 is 1.89 bits per heavy atom. The predicted octanol–water partition coefficient (Wildman–Crippen LogP) is 0.954. The van der Waals surface area contributed by atoms with Gasteiger partial charge in [0.25, 0.3) is 0 Å². The first kappa shape index (κ1) is 14.7. The van der Waals surface area contributed by atoms with Gasteiger partial charge in [0, 0.05) is 0 Å². The molecule has 1 rings (SSSR count). The highest BCUT2D eigenvalue weighted by atomic mass is 32.2. The molecule has 1 aromatic rings. The highest BCUT2D eigenvalue weighted by molar-refractivity contribution is 7.99. The van der Waals surface area contributed by atoms with Crippen LogP contribution in [0.25, 0.3) is 0 Å². The van der Waals surface area contributed by atoms with Gasteiger partial charge in [-0.25, -0.2) is 0 Å². The van der Waals surface area contributed by atoms with Crippen molar-refractivity contribution in [3.8, 4) is 0 Å². The van der Waals surface area contributed by atoms with E-state index in [2.05, 4.69) is 5.32 Å². The first-order valence-corrected chi connectivity index (χ1v) is 7.02. The van der Waals surface area contributed by atoms with E-state index in [1.165, 1.54) is 11.8 Å². The molecule has 0 bridgehead atoms. The van der Waals surface area contributed by atoms with Crippen molar-refractivity contribution in [2.75, 3.05) is 18.1 Å². The lowest BCUT2D eigenvalue weighted by molar-refractivity contribution is -0.128. The van der Waals surface area contributed by atoms with Gasteiger partial charge < -0.3 is 5.73 Å². The lowest BCUT2D eigenvalue weighted by Gasteiger charge is -2.04. The summed E-state index contributed by atoms with van der Waals surface area (Å²) in [6, 6.07) is 9.35. The van der Waals surface area contributed by atoms with Crippen molar-refractivity contribution in [3.05, 3.63) is 35.9 Å². The molecule has 0 saturated heterocycles. The third kappa shape index (κ3) is 6.42. The largest absolute Gasteiger partial charge is 0.330 e. The van der Waals surface area contributed by atoms with Crippen molar-refractivity contribution in [2.24, 2.45) is 5.73 Å². The maximum Gasteiger partial charge on any atom is 0.236 e. The molecule has 0 spiro atoms. The highest BCUT2D eigenvalue weighted by Gasteiger charge is 2.08. The number of rotatable bonds is 7. The number of thioether (sulfide) groups is 1. The first-order valence-electron chi connectivity index (χ1n) is 5.87. The summed E-state index contributed by atoms with van der Waals surface area (Å²) in [5.41, 5.74) is 6.25. The lowest BCUT2D eigenvalue weighted by atomic mass is 10.1. The molecule has 0 aliphatic carbocycles. The topological polar surface area (TPSA) is 72.2 Å². The van der Waals surface area contributed by atoms with Gasteiger partial charge in [-0.05, 0) is 24.3 Å². The second-order valence-electron chi connectivity index (χ2n) is 3.83. The van der Waals surface area contributed by atoms with Crippen LogP contribution in [0.1, 0.15) is 12.0 Å². The number of amides is 2. The molecule has 1 aromatic carbocycles. The molecule has 5 heteroatoms.